The van der Waals surface area contributed by atoms with Crippen LogP contribution in [0.5, 0.6) is 0 Å². The van der Waals surface area contributed by atoms with E-state index in [-0.39, 0.29) is 11.1 Å². The molecule has 186 valence electrons. The molecule has 38 heavy (non-hydrogen) atoms. The van der Waals surface area contributed by atoms with Crippen LogP contribution in [0.1, 0.15) is 11.1 Å². The Kier molecular flexibility index (Phi) is 5.31. The van der Waals surface area contributed by atoms with Crippen LogP contribution in [-0.4, -0.2) is 19.1 Å². The topological polar surface area (TPSA) is 110 Å². The van der Waals surface area contributed by atoms with E-state index < -0.39 is 11.4 Å². The van der Waals surface area contributed by atoms with E-state index in [9.17, 15) is 19.2 Å². The Morgan fingerprint density at radius 3 is 1.24 bits per heavy atom. The van der Waals surface area contributed by atoms with Gasteiger partial charge in [-0.1, -0.05) is 47.5 Å². The lowest BCUT2D eigenvalue weighted by molar-refractivity contribution is 0.900. The van der Waals surface area contributed by atoms with Gasteiger partial charge in [0.25, 0.3) is 11.1 Å². The van der Waals surface area contributed by atoms with Crippen molar-refractivity contribution in [3.05, 3.63) is 138 Å². The molecule has 8 nitrogen and oxygen atoms in total. The number of aromatic amines is 2. The largest absolute Gasteiger partial charge is 0.333 e. The van der Waals surface area contributed by atoms with Crippen LogP contribution in [0.25, 0.3) is 44.3 Å². The van der Waals surface area contributed by atoms with Gasteiger partial charge in [-0.2, -0.15) is 0 Å². The second-order valence-electron chi connectivity index (χ2n) is 9.33. The number of rotatable bonds is 3. The van der Waals surface area contributed by atoms with Crippen molar-refractivity contribution in [3.63, 3.8) is 0 Å². The van der Waals surface area contributed by atoms with Crippen molar-refractivity contribution in [3.8, 4) is 22.5 Å². The molecule has 2 heterocycles. The molecule has 0 spiro atoms. The molecule has 0 aliphatic rings. The molecule has 0 bridgehead atoms. The Morgan fingerprint density at radius 2 is 0.868 bits per heavy atom. The summed E-state index contributed by atoms with van der Waals surface area (Å²) in [6, 6.07) is 24.8. The van der Waals surface area contributed by atoms with Crippen LogP contribution in [0.15, 0.2) is 104 Å². The molecule has 2 aromatic heterocycles. The first-order valence-electron chi connectivity index (χ1n) is 12.0. The van der Waals surface area contributed by atoms with Gasteiger partial charge in [-0.05, 0) is 73.5 Å². The average molecular weight is 503 g/mol. The average Bonchev–Trinajstić information content (AvgIpc) is 2.91. The van der Waals surface area contributed by atoms with Crippen molar-refractivity contribution < 1.29 is 0 Å². The third-order valence-corrected chi connectivity index (χ3v) is 6.69. The fourth-order valence-electron chi connectivity index (χ4n) is 4.73. The predicted molar refractivity (Wildman–Crippen MR) is 149 cm³/mol. The third-order valence-electron chi connectivity index (χ3n) is 6.69. The van der Waals surface area contributed by atoms with E-state index in [0.717, 1.165) is 31.4 Å². The smallest absolute Gasteiger partial charge is 0.306 e. The van der Waals surface area contributed by atoms with Crippen LogP contribution in [-0.2, 0) is 0 Å². The van der Waals surface area contributed by atoms with Crippen molar-refractivity contribution in [2.24, 2.45) is 0 Å². The number of hydrogen-bond donors (Lipinski definition) is 2. The fourth-order valence-corrected chi connectivity index (χ4v) is 4.73. The molecule has 0 saturated carbocycles. The molecule has 0 unspecified atom stereocenters. The standard InChI is InChI=1S/C30H22N4O4/c1-17-3-13-25-23(15-17)27(35)33(29(37)31-25)21-9-5-19(6-10-21)20-7-11-22(12-8-20)34-28(36)24-16-18(2)4-14-26(24)32-30(34)38/h3-16H,1-2H3,(H,31,37)(H,32,38). The van der Waals surface area contributed by atoms with Crippen molar-refractivity contribution in [2.75, 3.05) is 0 Å². The highest BCUT2D eigenvalue weighted by Gasteiger charge is 2.12. The summed E-state index contributed by atoms with van der Waals surface area (Å²) in [5, 5.41) is 0.886. The summed E-state index contributed by atoms with van der Waals surface area (Å²) in [5.41, 5.74) is 3.65. The van der Waals surface area contributed by atoms with Gasteiger partial charge < -0.3 is 9.97 Å². The lowest BCUT2D eigenvalue weighted by atomic mass is 10.0. The van der Waals surface area contributed by atoms with Crippen LogP contribution in [0.2, 0.25) is 0 Å². The summed E-state index contributed by atoms with van der Waals surface area (Å²) in [5.74, 6) is 0. The monoisotopic (exact) mass is 502 g/mol. The molecular weight excluding hydrogens is 480 g/mol. The van der Waals surface area contributed by atoms with Crippen LogP contribution < -0.4 is 22.5 Å². The Bertz CT molecular complexity index is 1960. The predicted octanol–water partition coefficient (Wildman–Crippen LogP) is 3.96. The highest BCUT2D eigenvalue weighted by atomic mass is 16.2. The van der Waals surface area contributed by atoms with Crippen LogP contribution in [0.3, 0.4) is 0 Å². The van der Waals surface area contributed by atoms with Crippen LogP contribution in [0.4, 0.5) is 0 Å². The normalized spacial score (nSPS) is 11.3. The van der Waals surface area contributed by atoms with E-state index in [1.54, 1.807) is 48.5 Å². The summed E-state index contributed by atoms with van der Waals surface area (Å²) in [4.78, 5) is 57.0. The van der Waals surface area contributed by atoms with Gasteiger partial charge in [0.15, 0.2) is 0 Å². The molecule has 2 N–H and O–H groups in total. The molecule has 0 atom stereocenters. The summed E-state index contributed by atoms with van der Waals surface area (Å²) < 4.78 is 2.24. The van der Waals surface area contributed by atoms with E-state index in [0.29, 0.717) is 33.2 Å². The maximum Gasteiger partial charge on any atom is 0.333 e. The highest BCUT2D eigenvalue weighted by Crippen LogP contribution is 2.22. The van der Waals surface area contributed by atoms with Crippen molar-refractivity contribution in [2.45, 2.75) is 13.8 Å². The number of fused-ring (bicyclic) bond motifs is 2. The minimum absolute atomic E-state index is 0.384. The van der Waals surface area contributed by atoms with Gasteiger partial charge in [0.1, 0.15) is 0 Å². The summed E-state index contributed by atoms with van der Waals surface area (Å²) in [6.07, 6.45) is 0. The maximum atomic E-state index is 13.1. The summed E-state index contributed by atoms with van der Waals surface area (Å²) >= 11 is 0. The first kappa shape index (κ1) is 23.2. The molecular formula is C30H22N4O4. The maximum absolute atomic E-state index is 13.1. The third kappa shape index (κ3) is 3.79. The number of nitrogens with one attached hydrogen (secondary N) is 2. The number of hydrogen-bond acceptors (Lipinski definition) is 4. The zero-order valence-electron chi connectivity index (χ0n) is 20.6. The van der Waals surface area contributed by atoms with Gasteiger partial charge in [-0.25, -0.2) is 18.7 Å². The quantitative estimate of drug-likeness (QED) is 0.382. The molecule has 0 fully saturated rings. The molecule has 0 amide bonds. The Hall–Kier alpha value is -5.24. The number of nitrogens with zero attached hydrogens (tertiary/aromatic N) is 2. The minimum Gasteiger partial charge on any atom is -0.306 e. The van der Waals surface area contributed by atoms with E-state index in [1.165, 1.54) is 0 Å². The summed E-state index contributed by atoms with van der Waals surface area (Å²) in [7, 11) is 0. The minimum atomic E-state index is -0.510. The highest BCUT2D eigenvalue weighted by molar-refractivity contribution is 5.79. The number of benzene rings is 4. The molecule has 0 aliphatic carbocycles. The Balaban J connectivity index is 1.37. The first-order valence-corrected chi connectivity index (χ1v) is 12.0. The molecule has 0 saturated heterocycles. The second kappa shape index (κ2) is 8.70. The van der Waals surface area contributed by atoms with Gasteiger partial charge in [-0.15, -0.1) is 0 Å². The van der Waals surface area contributed by atoms with Crippen LogP contribution in [0, 0.1) is 13.8 Å². The molecule has 6 aromatic rings. The fraction of sp³-hybridized carbons (Fsp3) is 0.0667. The second-order valence-corrected chi connectivity index (χ2v) is 9.33. The van der Waals surface area contributed by atoms with E-state index in [2.05, 4.69) is 9.97 Å². The van der Waals surface area contributed by atoms with Crippen LogP contribution >= 0.6 is 0 Å². The summed E-state index contributed by atoms with van der Waals surface area (Å²) in [6.45, 7) is 3.78. The molecule has 8 heteroatoms. The van der Waals surface area contributed by atoms with Crippen molar-refractivity contribution in [1.82, 2.24) is 19.1 Å². The van der Waals surface area contributed by atoms with Gasteiger partial charge in [0.05, 0.1) is 33.2 Å². The van der Waals surface area contributed by atoms with E-state index in [1.807, 2.05) is 50.2 Å². The van der Waals surface area contributed by atoms with Crippen molar-refractivity contribution in [1.29, 1.82) is 0 Å². The molecule has 0 aliphatic heterocycles. The molecule has 4 aromatic carbocycles. The Morgan fingerprint density at radius 1 is 0.500 bits per heavy atom. The Labute approximate surface area is 215 Å². The van der Waals surface area contributed by atoms with Gasteiger partial charge in [0.2, 0.25) is 0 Å². The first-order chi connectivity index (χ1) is 18.3. The molecule has 6 rings (SSSR count). The lowest BCUT2D eigenvalue weighted by Crippen LogP contribution is -2.33. The van der Waals surface area contributed by atoms with Gasteiger partial charge >= 0.3 is 11.4 Å². The zero-order valence-corrected chi connectivity index (χ0v) is 20.6. The van der Waals surface area contributed by atoms with E-state index in [4.69, 9.17) is 0 Å². The lowest BCUT2D eigenvalue weighted by Gasteiger charge is -2.10. The number of aryl methyl sites for hydroxylation is 2. The number of H-pyrrole nitrogens is 2. The molecule has 0 radical (unpaired) electrons. The van der Waals surface area contributed by atoms with Gasteiger partial charge in [-0.3, -0.25) is 9.59 Å². The van der Waals surface area contributed by atoms with Gasteiger partial charge in [0, 0.05) is 0 Å². The van der Waals surface area contributed by atoms with E-state index >= 15 is 0 Å². The zero-order chi connectivity index (χ0) is 26.6. The van der Waals surface area contributed by atoms with Crippen molar-refractivity contribution >= 4 is 21.8 Å². The number of aromatic nitrogens is 4. The SMILES string of the molecule is Cc1ccc2[nH]c(=O)n(-c3ccc(-c4ccc(-n5c(=O)[nH]c6ccc(C)cc6c5=O)cc4)cc3)c(=O)c2c1.